The second kappa shape index (κ2) is 6.63. The molecule has 0 aliphatic carbocycles. The van der Waals surface area contributed by atoms with Crippen LogP contribution in [0.3, 0.4) is 0 Å². The molecule has 0 aliphatic rings. The average Bonchev–Trinajstić information content (AvgIpc) is 2.45. The fourth-order valence-corrected chi connectivity index (χ4v) is 2.57. The van der Waals surface area contributed by atoms with Crippen molar-refractivity contribution < 1.29 is 9.53 Å². The van der Waals surface area contributed by atoms with Gasteiger partial charge in [0.05, 0.1) is 7.11 Å². The molecule has 1 N–H and O–H groups in total. The van der Waals surface area contributed by atoms with Gasteiger partial charge in [-0.1, -0.05) is 23.7 Å². The number of benzene rings is 2. The molecule has 0 bridgehead atoms. The SMILES string of the molecule is COc1ccc(Cl)cc1-c1ccc(C(=O)NC(C)(C)C)c(C)c1. The minimum Gasteiger partial charge on any atom is -0.496 e. The predicted octanol–water partition coefficient (Wildman–Crippen LogP) is 4.85. The van der Waals surface area contributed by atoms with Crippen LogP contribution < -0.4 is 10.1 Å². The average molecular weight is 332 g/mol. The van der Waals surface area contributed by atoms with E-state index in [1.165, 1.54) is 0 Å². The zero-order valence-electron chi connectivity index (χ0n) is 14.2. The second-order valence-corrected chi connectivity index (χ2v) is 7.01. The molecule has 0 fully saturated rings. The first-order valence-electron chi connectivity index (χ1n) is 7.48. The van der Waals surface area contributed by atoms with Crippen LogP contribution in [0.25, 0.3) is 11.1 Å². The van der Waals surface area contributed by atoms with Crippen LogP contribution in [0, 0.1) is 6.92 Å². The first-order valence-corrected chi connectivity index (χ1v) is 7.86. The largest absolute Gasteiger partial charge is 0.496 e. The van der Waals surface area contributed by atoms with Gasteiger partial charge in [-0.15, -0.1) is 0 Å². The van der Waals surface area contributed by atoms with Gasteiger partial charge in [-0.05, 0) is 63.1 Å². The molecule has 3 nitrogen and oxygen atoms in total. The number of amides is 1. The topological polar surface area (TPSA) is 38.3 Å². The van der Waals surface area contributed by atoms with Gasteiger partial charge in [0.1, 0.15) is 5.75 Å². The maximum atomic E-state index is 12.3. The number of hydrogen-bond donors (Lipinski definition) is 1. The molecule has 2 rings (SSSR count). The van der Waals surface area contributed by atoms with E-state index in [-0.39, 0.29) is 11.4 Å². The van der Waals surface area contributed by atoms with Gasteiger partial charge in [-0.2, -0.15) is 0 Å². The van der Waals surface area contributed by atoms with Gasteiger partial charge in [-0.25, -0.2) is 0 Å². The quantitative estimate of drug-likeness (QED) is 0.872. The number of methoxy groups -OCH3 is 1. The van der Waals surface area contributed by atoms with Crippen molar-refractivity contribution in [3.63, 3.8) is 0 Å². The number of rotatable bonds is 3. The van der Waals surface area contributed by atoms with Gasteiger partial charge in [0, 0.05) is 21.7 Å². The van der Waals surface area contributed by atoms with Crippen molar-refractivity contribution >= 4 is 17.5 Å². The summed E-state index contributed by atoms with van der Waals surface area (Å²) in [5, 5.41) is 3.63. The van der Waals surface area contributed by atoms with E-state index in [9.17, 15) is 4.79 Å². The highest BCUT2D eigenvalue weighted by Gasteiger charge is 2.17. The van der Waals surface area contributed by atoms with E-state index < -0.39 is 0 Å². The molecule has 0 atom stereocenters. The molecule has 4 heteroatoms. The lowest BCUT2D eigenvalue weighted by molar-refractivity contribution is 0.0919. The number of hydrogen-bond acceptors (Lipinski definition) is 2. The van der Waals surface area contributed by atoms with Crippen LogP contribution in [0.2, 0.25) is 5.02 Å². The Morgan fingerprint density at radius 3 is 2.39 bits per heavy atom. The van der Waals surface area contributed by atoms with Crippen molar-refractivity contribution in [3.05, 3.63) is 52.5 Å². The van der Waals surface area contributed by atoms with Gasteiger partial charge in [0.25, 0.3) is 5.91 Å². The molecule has 0 unspecified atom stereocenters. The van der Waals surface area contributed by atoms with Crippen LogP contribution in [0.1, 0.15) is 36.7 Å². The summed E-state index contributed by atoms with van der Waals surface area (Å²) >= 11 is 6.10. The number of nitrogens with one attached hydrogen (secondary N) is 1. The summed E-state index contributed by atoms with van der Waals surface area (Å²) < 4.78 is 5.40. The van der Waals surface area contributed by atoms with E-state index in [1.807, 2.05) is 58.0 Å². The van der Waals surface area contributed by atoms with Gasteiger partial charge in [0.15, 0.2) is 0 Å². The molecule has 1 amide bonds. The molecule has 0 radical (unpaired) electrons. The fraction of sp³-hybridized carbons (Fsp3) is 0.316. The summed E-state index contributed by atoms with van der Waals surface area (Å²) in [6.45, 7) is 7.82. The minimum atomic E-state index is -0.266. The van der Waals surface area contributed by atoms with Gasteiger partial charge in [0.2, 0.25) is 0 Å². The second-order valence-electron chi connectivity index (χ2n) is 6.58. The Bertz CT molecular complexity index is 733. The molecule has 0 saturated heterocycles. The first kappa shape index (κ1) is 17.4. The van der Waals surface area contributed by atoms with E-state index in [4.69, 9.17) is 16.3 Å². The third kappa shape index (κ3) is 4.26. The Balaban J connectivity index is 2.40. The van der Waals surface area contributed by atoms with Crippen LogP contribution in [0.15, 0.2) is 36.4 Å². The van der Waals surface area contributed by atoms with E-state index in [2.05, 4.69) is 5.32 Å². The third-order valence-electron chi connectivity index (χ3n) is 3.43. The lowest BCUT2D eigenvalue weighted by Crippen LogP contribution is -2.40. The van der Waals surface area contributed by atoms with Crippen molar-refractivity contribution in [1.82, 2.24) is 5.32 Å². The Kier molecular flexibility index (Phi) is 5.00. The maximum Gasteiger partial charge on any atom is 0.251 e. The molecule has 23 heavy (non-hydrogen) atoms. The number of halogens is 1. The summed E-state index contributed by atoms with van der Waals surface area (Å²) in [6, 6.07) is 11.2. The van der Waals surface area contributed by atoms with Crippen LogP contribution in [-0.4, -0.2) is 18.6 Å². The van der Waals surface area contributed by atoms with Crippen LogP contribution >= 0.6 is 11.6 Å². The molecule has 122 valence electrons. The van der Waals surface area contributed by atoms with Crippen LogP contribution in [-0.2, 0) is 0 Å². The summed E-state index contributed by atoms with van der Waals surface area (Å²) in [5.74, 6) is 0.681. The van der Waals surface area contributed by atoms with Crippen molar-refractivity contribution in [2.24, 2.45) is 0 Å². The lowest BCUT2D eigenvalue weighted by Gasteiger charge is -2.21. The third-order valence-corrected chi connectivity index (χ3v) is 3.67. The standard InChI is InChI=1S/C19H22ClNO2/c1-12-10-13(16-11-14(20)7-9-17(16)23-5)6-8-15(12)18(22)21-19(2,3)4/h6-11H,1-5H3,(H,21,22). The maximum absolute atomic E-state index is 12.3. The minimum absolute atomic E-state index is 0.0698. The Morgan fingerprint density at radius 1 is 1.13 bits per heavy atom. The smallest absolute Gasteiger partial charge is 0.251 e. The summed E-state index contributed by atoms with van der Waals surface area (Å²) in [6.07, 6.45) is 0. The van der Waals surface area contributed by atoms with Crippen molar-refractivity contribution in [2.75, 3.05) is 7.11 Å². The summed E-state index contributed by atoms with van der Waals surface area (Å²) in [7, 11) is 1.63. The highest BCUT2D eigenvalue weighted by atomic mass is 35.5. The lowest BCUT2D eigenvalue weighted by atomic mass is 9.98. The highest BCUT2D eigenvalue weighted by molar-refractivity contribution is 6.31. The Labute approximate surface area is 142 Å². The molecule has 0 aliphatic heterocycles. The number of aryl methyl sites for hydroxylation is 1. The molecule has 0 spiro atoms. The molecule has 0 aromatic heterocycles. The molecule has 2 aromatic rings. The van der Waals surface area contributed by atoms with E-state index >= 15 is 0 Å². The van der Waals surface area contributed by atoms with E-state index in [0.717, 1.165) is 22.4 Å². The Morgan fingerprint density at radius 2 is 1.83 bits per heavy atom. The van der Waals surface area contributed by atoms with Crippen LogP contribution in [0.5, 0.6) is 5.75 Å². The van der Waals surface area contributed by atoms with Crippen molar-refractivity contribution in [1.29, 1.82) is 0 Å². The van der Waals surface area contributed by atoms with Gasteiger partial charge < -0.3 is 10.1 Å². The van der Waals surface area contributed by atoms with E-state index in [1.54, 1.807) is 13.2 Å². The highest BCUT2D eigenvalue weighted by Crippen LogP contribution is 2.33. The molecule has 0 heterocycles. The molecule has 2 aromatic carbocycles. The molecule has 0 saturated carbocycles. The predicted molar refractivity (Wildman–Crippen MR) is 95.4 cm³/mol. The van der Waals surface area contributed by atoms with Gasteiger partial charge in [-0.3, -0.25) is 4.79 Å². The Hall–Kier alpha value is -2.00. The molecular weight excluding hydrogens is 310 g/mol. The summed E-state index contributed by atoms with van der Waals surface area (Å²) in [4.78, 5) is 12.3. The normalized spacial score (nSPS) is 11.2. The van der Waals surface area contributed by atoms with Crippen molar-refractivity contribution in [2.45, 2.75) is 33.2 Å². The number of carbonyl (C=O) groups excluding carboxylic acids is 1. The number of ether oxygens (including phenoxy) is 1. The summed E-state index contributed by atoms with van der Waals surface area (Å²) in [5.41, 5.74) is 3.19. The van der Waals surface area contributed by atoms with Gasteiger partial charge >= 0.3 is 0 Å². The van der Waals surface area contributed by atoms with Crippen LogP contribution in [0.4, 0.5) is 0 Å². The first-order chi connectivity index (χ1) is 10.7. The monoisotopic (exact) mass is 331 g/mol. The number of carbonyl (C=O) groups is 1. The zero-order valence-corrected chi connectivity index (χ0v) is 14.9. The molecular formula is C19H22ClNO2. The zero-order chi connectivity index (χ0) is 17.2. The fourth-order valence-electron chi connectivity index (χ4n) is 2.40. The van der Waals surface area contributed by atoms with E-state index in [0.29, 0.717) is 10.6 Å². The van der Waals surface area contributed by atoms with Crippen molar-refractivity contribution in [3.8, 4) is 16.9 Å².